The van der Waals surface area contributed by atoms with Crippen molar-refractivity contribution in [3.05, 3.63) is 39.8 Å². The van der Waals surface area contributed by atoms with Crippen LogP contribution in [0.3, 0.4) is 0 Å². The number of benzene rings is 1. The van der Waals surface area contributed by atoms with E-state index in [0.717, 1.165) is 0 Å². The van der Waals surface area contributed by atoms with Gasteiger partial charge in [0.2, 0.25) is 5.91 Å². The van der Waals surface area contributed by atoms with Gasteiger partial charge >= 0.3 is 0 Å². The van der Waals surface area contributed by atoms with Crippen LogP contribution in [0.2, 0.25) is 0 Å². The number of thiazole rings is 1. The van der Waals surface area contributed by atoms with Crippen molar-refractivity contribution in [3.8, 4) is 11.3 Å². The van der Waals surface area contributed by atoms with E-state index in [1.807, 2.05) is 0 Å². The number of nitrogens with one attached hydrogen (secondary N) is 1. The van der Waals surface area contributed by atoms with Crippen molar-refractivity contribution in [3.63, 3.8) is 0 Å². The van der Waals surface area contributed by atoms with Gasteiger partial charge in [-0.05, 0) is 12.3 Å². The van der Waals surface area contributed by atoms with Crippen LogP contribution in [0.1, 0.15) is 12.8 Å². The molecule has 10 heteroatoms. The first-order valence-corrected chi connectivity index (χ1v) is 10.2. The quantitative estimate of drug-likeness (QED) is 0.628. The first-order valence-electron chi connectivity index (χ1n) is 7.53. The fourth-order valence-corrected chi connectivity index (χ4v) is 5.31. The second kappa shape index (κ2) is 6.89. The van der Waals surface area contributed by atoms with Gasteiger partial charge in [0.1, 0.15) is 0 Å². The summed E-state index contributed by atoms with van der Waals surface area (Å²) in [6.45, 7) is 0. The van der Waals surface area contributed by atoms with Gasteiger partial charge < -0.3 is 5.32 Å². The topological polar surface area (TPSA) is 119 Å². The molecule has 0 unspecified atom stereocenters. The molecule has 3 rings (SSSR count). The van der Waals surface area contributed by atoms with Crippen LogP contribution in [0.5, 0.6) is 0 Å². The molecule has 0 aliphatic carbocycles. The molecule has 8 nitrogen and oxygen atoms in total. The highest BCUT2D eigenvalue weighted by Gasteiger charge is 2.29. The SMILES string of the molecule is O=C(C[C@@H]1CCS(=O)(=O)C1)Nc1nc(-c2cccc([N+](=O)[O-])c2)cs1. The summed E-state index contributed by atoms with van der Waals surface area (Å²) in [5, 5.41) is 15.6. The number of rotatable bonds is 5. The molecule has 0 spiro atoms. The van der Waals surface area contributed by atoms with Gasteiger partial charge in [-0.2, -0.15) is 0 Å². The molecule has 1 atom stereocenters. The lowest BCUT2D eigenvalue weighted by molar-refractivity contribution is -0.384. The highest BCUT2D eigenvalue weighted by atomic mass is 32.2. The van der Waals surface area contributed by atoms with Crippen LogP contribution in [0.4, 0.5) is 10.8 Å². The first-order chi connectivity index (χ1) is 11.8. The van der Waals surface area contributed by atoms with Crippen molar-refractivity contribution in [2.45, 2.75) is 12.8 Å². The minimum atomic E-state index is -3.01. The molecule has 132 valence electrons. The van der Waals surface area contributed by atoms with Crippen molar-refractivity contribution in [2.75, 3.05) is 16.8 Å². The average Bonchev–Trinajstić information content (AvgIpc) is 3.13. The number of nitro groups is 1. The Morgan fingerprint density at radius 3 is 2.92 bits per heavy atom. The monoisotopic (exact) mass is 381 g/mol. The molecule has 1 aliphatic rings. The molecule has 1 N–H and O–H groups in total. The third-order valence-corrected chi connectivity index (χ3v) is 6.50. The minimum Gasteiger partial charge on any atom is -0.302 e. The number of hydrogen-bond acceptors (Lipinski definition) is 7. The van der Waals surface area contributed by atoms with Crippen LogP contribution < -0.4 is 5.32 Å². The Kier molecular flexibility index (Phi) is 4.82. The second-order valence-electron chi connectivity index (χ2n) is 5.87. The van der Waals surface area contributed by atoms with Crippen molar-refractivity contribution in [1.82, 2.24) is 4.98 Å². The van der Waals surface area contributed by atoms with Crippen molar-refractivity contribution in [1.29, 1.82) is 0 Å². The normalized spacial score (nSPS) is 18.8. The average molecular weight is 381 g/mol. The lowest BCUT2D eigenvalue weighted by Gasteiger charge is -2.06. The number of aromatic nitrogens is 1. The van der Waals surface area contributed by atoms with E-state index in [1.165, 1.54) is 23.5 Å². The summed E-state index contributed by atoms with van der Waals surface area (Å²) in [5.74, 6) is -0.237. The number of non-ortho nitro benzene ring substituents is 1. The Labute approximate surface area is 148 Å². The molecule has 1 aromatic heterocycles. The highest BCUT2D eigenvalue weighted by Crippen LogP contribution is 2.28. The van der Waals surface area contributed by atoms with E-state index < -0.39 is 14.8 Å². The number of hydrogen-bond donors (Lipinski definition) is 1. The molecule has 0 radical (unpaired) electrons. The van der Waals surface area contributed by atoms with Crippen LogP contribution in [-0.4, -0.2) is 35.7 Å². The van der Waals surface area contributed by atoms with Gasteiger partial charge in [-0.15, -0.1) is 11.3 Å². The molecule has 1 aromatic carbocycles. The van der Waals surface area contributed by atoms with Crippen LogP contribution in [-0.2, 0) is 14.6 Å². The van der Waals surface area contributed by atoms with Gasteiger partial charge in [-0.3, -0.25) is 14.9 Å². The van der Waals surface area contributed by atoms with E-state index in [9.17, 15) is 23.3 Å². The molecule has 2 aromatic rings. The molecule has 25 heavy (non-hydrogen) atoms. The summed E-state index contributed by atoms with van der Waals surface area (Å²) >= 11 is 1.21. The van der Waals surface area contributed by atoms with Gasteiger partial charge in [-0.25, -0.2) is 13.4 Å². The maximum atomic E-state index is 12.0. The van der Waals surface area contributed by atoms with Crippen molar-refractivity contribution in [2.24, 2.45) is 5.92 Å². The third-order valence-electron chi connectivity index (χ3n) is 3.90. The lowest BCUT2D eigenvalue weighted by atomic mass is 10.1. The van der Waals surface area contributed by atoms with E-state index in [2.05, 4.69) is 10.3 Å². The van der Waals surface area contributed by atoms with Crippen molar-refractivity contribution >= 4 is 37.9 Å². The highest BCUT2D eigenvalue weighted by molar-refractivity contribution is 7.91. The standard InChI is InChI=1S/C15H15N3O5S2/c19-14(6-10-4-5-25(22,23)9-10)17-15-16-13(8-24-15)11-2-1-3-12(7-11)18(20)21/h1-3,7-8,10H,4-6,9H2,(H,16,17,19)/t10-/m0/s1. The largest absolute Gasteiger partial charge is 0.302 e. The summed E-state index contributed by atoms with van der Waals surface area (Å²) in [7, 11) is -3.01. The van der Waals surface area contributed by atoms with E-state index in [0.29, 0.717) is 22.8 Å². The summed E-state index contributed by atoms with van der Waals surface area (Å²) in [5.41, 5.74) is 1.10. The molecule has 1 fully saturated rings. The summed E-state index contributed by atoms with van der Waals surface area (Å²) in [4.78, 5) is 26.7. The van der Waals surface area contributed by atoms with Gasteiger partial charge in [0.05, 0.1) is 22.1 Å². The Hall–Kier alpha value is -2.33. The van der Waals surface area contributed by atoms with Crippen LogP contribution in [0, 0.1) is 16.0 Å². The van der Waals surface area contributed by atoms with Gasteiger partial charge in [0, 0.05) is 29.5 Å². The number of sulfone groups is 1. The Morgan fingerprint density at radius 1 is 1.44 bits per heavy atom. The summed E-state index contributed by atoms with van der Waals surface area (Å²) in [6, 6.07) is 6.10. The molecular weight excluding hydrogens is 366 g/mol. The van der Waals surface area contributed by atoms with Crippen LogP contribution in [0.25, 0.3) is 11.3 Å². The molecular formula is C15H15N3O5S2. The number of amides is 1. The fraction of sp³-hybridized carbons (Fsp3) is 0.333. The summed E-state index contributed by atoms with van der Waals surface area (Å²) < 4.78 is 22.9. The van der Waals surface area contributed by atoms with E-state index >= 15 is 0 Å². The zero-order valence-corrected chi connectivity index (χ0v) is 14.7. The second-order valence-corrected chi connectivity index (χ2v) is 8.95. The van der Waals surface area contributed by atoms with Crippen LogP contribution in [0.15, 0.2) is 29.6 Å². The zero-order valence-electron chi connectivity index (χ0n) is 13.0. The third kappa shape index (κ3) is 4.40. The zero-order chi connectivity index (χ0) is 18.0. The van der Waals surface area contributed by atoms with Crippen molar-refractivity contribution < 1.29 is 18.1 Å². The number of anilines is 1. The van der Waals surface area contributed by atoms with Crippen LogP contribution >= 0.6 is 11.3 Å². The molecule has 0 saturated carbocycles. The number of carbonyl (C=O) groups is 1. The Bertz CT molecular complexity index is 923. The number of nitrogens with zero attached hydrogens (tertiary/aromatic N) is 2. The lowest BCUT2D eigenvalue weighted by Crippen LogP contribution is -2.17. The molecule has 1 aliphatic heterocycles. The minimum absolute atomic E-state index is 0.0291. The van der Waals surface area contributed by atoms with Gasteiger partial charge in [0.25, 0.3) is 5.69 Å². The maximum absolute atomic E-state index is 12.0. The van der Waals surface area contributed by atoms with Gasteiger partial charge in [0.15, 0.2) is 15.0 Å². The maximum Gasteiger partial charge on any atom is 0.270 e. The number of nitro benzene ring substituents is 1. The fourth-order valence-electron chi connectivity index (χ4n) is 2.71. The molecule has 2 heterocycles. The molecule has 1 amide bonds. The first kappa shape index (κ1) is 17.5. The Morgan fingerprint density at radius 2 is 2.24 bits per heavy atom. The van der Waals surface area contributed by atoms with E-state index in [-0.39, 0.29) is 35.4 Å². The molecule has 0 bridgehead atoms. The van der Waals surface area contributed by atoms with E-state index in [1.54, 1.807) is 17.5 Å². The van der Waals surface area contributed by atoms with E-state index in [4.69, 9.17) is 0 Å². The van der Waals surface area contributed by atoms with Gasteiger partial charge in [-0.1, -0.05) is 12.1 Å². The predicted molar refractivity (Wildman–Crippen MR) is 94.2 cm³/mol. The summed E-state index contributed by atoms with van der Waals surface area (Å²) in [6.07, 6.45) is 0.650. The molecule has 1 saturated heterocycles. The predicted octanol–water partition coefficient (Wildman–Crippen LogP) is 2.48. The smallest absolute Gasteiger partial charge is 0.270 e. The Balaban J connectivity index is 1.65. The number of carbonyl (C=O) groups excluding carboxylic acids is 1.